The summed E-state index contributed by atoms with van der Waals surface area (Å²) in [5.41, 5.74) is 6.92. The molecule has 19 heavy (non-hydrogen) atoms. The third kappa shape index (κ3) is 3.14. The van der Waals surface area contributed by atoms with Gasteiger partial charge in [-0.3, -0.25) is 0 Å². The summed E-state index contributed by atoms with van der Waals surface area (Å²) in [7, 11) is 0. The molecule has 100 valence electrons. The highest BCUT2D eigenvalue weighted by molar-refractivity contribution is 9.10. The van der Waals surface area contributed by atoms with E-state index in [0.717, 1.165) is 0 Å². The largest absolute Gasteiger partial charge is 0.324 e. The molecule has 0 bridgehead atoms. The molecule has 0 fully saturated rings. The molecule has 5 heteroatoms. The van der Waals surface area contributed by atoms with Crippen molar-refractivity contribution in [3.63, 3.8) is 0 Å². The number of rotatable bonds is 3. The molecule has 0 aliphatic rings. The van der Waals surface area contributed by atoms with Crippen LogP contribution in [0.3, 0.4) is 0 Å². The van der Waals surface area contributed by atoms with E-state index in [1.54, 1.807) is 24.3 Å². The van der Waals surface area contributed by atoms with E-state index >= 15 is 0 Å². The summed E-state index contributed by atoms with van der Waals surface area (Å²) in [6.45, 7) is 0. The van der Waals surface area contributed by atoms with Crippen LogP contribution in [0.15, 0.2) is 40.9 Å². The van der Waals surface area contributed by atoms with E-state index in [1.165, 1.54) is 12.1 Å². The van der Waals surface area contributed by atoms with E-state index in [4.69, 9.17) is 17.3 Å². The molecule has 0 saturated carbocycles. The highest BCUT2D eigenvalue weighted by Crippen LogP contribution is 2.29. The van der Waals surface area contributed by atoms with Gasteiger partial charge in [0.1, 0.15) is 11.6 Å². The first-order chi connectivity index (χ1) is 9.00. The van der Waals surface area contributed by atoms with Crippen molar-refractivity contribution in [3.05, 3.63) is 68.7 Å². The van der Waals surface area contributed by atoms with Gasteiger partial charge in [0.15, 0.2) is 0 Å². The first-order valence-electron chi connectivity index (χ1n) is 5.63. The van der Waals surface area contributed by atoms with E-state index < -0.39 is 17.7 Å². The first kappa shape index (κ1) is 14.4. The van der Waals surface area contributed by atoms with Crippen LogP contribution in [0, 0.1) is 11.6 Å². The molecular formula is C14H11BrClF2N. The molecule has 2 aromatic rings. The lowest BCUT2D eigenvalue weighted by atomic mass is 9.99. The molecule has 0 saturated heterocycles. The van der Waals surface area contributed by atoms with Gasteiger partial charge in [0.05, 0.1) is 5.02 Å². The van der Waals surface area contributed by atoms with Crippen LogP contribution in [-0.4, -0.2) is 0 Å². The minimum Gasteiger partial charge on any atom is -0.324 e. The normalized spacial score (nSPS) is 12.5. The fourth-order valence-electron chi connectivity index (χ4n) is 1.91. The molecule has 1 nitrogen and oxygen atoms in total. The topological polar surface area (TPSA) is 26.0 Å². The van der Waals surface area contributed by atoms with Crippen LogP contribution in [0.2, 0.25) is 5.02 Å². The van der Waals surface area contributed by atoms with Crippen LogP contribution in [-0.2, 0) is 6.42 Å². The maximum Gasteiger partial charge on any atom is 0.142 e. The fourth-order valence-corrected chi connectivity index (χ4v) is 2.75. The molecule has 2 rings (SSSR count). The standard InChI is InChI=1S/C14H11BrClF2N/c15-9-4-2-5-10(17)13(9)12(19)7-8-3-1-6-11(18)14(8)16/h1-6,12H,7,19H2. The second-order valence-corrected chi connectivity index (χ2v) is 5.39. The maximum absolute atomic E-state index is 13.8. The molecule has 0 amide bonds. The van der Waals surface area contributed by atoms with E-state index in [9.17, 15) is 8.78 Å². The molecule has 1 atom stereocenters. The van der Waals surface area contributed by atoms with Crippen molar-refractivity contribution in [2.75, 3.05) is 0 Å². The fraction of sp³-hybridized carbons (Fsp3) is 0.143. The Bertz CT molecular complexity index is 584. The van der Waals surface area contributed by atoms with Gasteiger partial charge in [0.25, 0.3) is 0 Å². The van der Waals surface area contributed by atoms with E-state index in [1.807, 2.05) is 0 Å². The molecule has 0 radical (unpaired) electrons. The van der Waals surface area contributed by atoms with Gasteiger partial charge in [0, 0.05) is 16.1 Å². The predicted octanol–water partition coefficient (Wildman–Crippen LogP) is 4.62. The van der Waals surface area contributed by atoms with Gasteiger partial charge in [0.2, 0.25) is 0 Å². The number of hydrogen-bond acceptors (Lipinski definition) is 1. The van der Waals surface area contributed by atoms with E-state index in [-0.39, 0.29) is 11.4 Å². The summed E-state index contributed by atoms with van der Waals surface area (Å²) in [5.74, 6) is -0.895. The Morgan fingerprint density at radius 2 is 1.74 bits per heavy atom. The highest BCUT2D eigenvalue weighted by atomic mass is 79.9. The third-order valence-electron chi connectivity index (χ3n) is 2.84. The van der Waals surface area contributed by atoms with Gasteiger partial charge < -0.3 is 5.73 Å². The summed E-state index contributed by atoms with van der Waals surface area (Å²) in [4.78, 5) is 0. The van der Waals surface area contributed by atoms with Gasteiger partial charge in [-0.05, 0) is 30.2 Å². The van der Waals surface area contributed by atoms with Crippen molar-refractivity contribution in [1.82, 2.24) is 0 Å². The molecule has 0 spiro atoms. The Morgan fingerprint density at radius 1 is 1.11 bits per heavy atom. The van der Waals surface area contributed by atoms with Crippen molar-refractivity contribution < 1.29 is 8.78 Å². The van der Waals surface area contributed by atoms with Crippen LogP contribution < -0.4 is 5.73 Å². The van der Waals surface area contributed by atoms with Crippen molar-refractivity contribution in [1.29, 1.82) is 0 Å². The van der Waals surface area contributed by atoms with Crippen LogP contribution >= 0.6 is 27.5 Å². The summed E-state index contributed by atoms with van der Waals surface area (Å²) >= 11 is 9.14. The summed E-state index contributed by atoms with van der Waals surface area (Å²) < 4.78 is 27.7. The minimum absolute atomic E-state index is 0.0328. The summed E-state index contributed by atoms with van der Waals surface area (Å²) in [6.07, 6.45) is 0.260. The number of nitrogens with two attached hydrogens (primary N) is 1. The van der Waals surface area contributed by atoms with Crippen LogP contribution in [0.25, 0.3) is 0 Å². The van der Waals surface area contributed by atoms with Crippen LogP contribution in [0.5, 0.6) is 0 Å². The average molecular weight is 347 g/mol. The lowest BCUT2D eigenvalue weighted by Crippen LogP contribution is -2.16. The molecule has 0 heterocycles. The molecular weight excluding hydrogens is 336 g/mol. The Morgan fingerprint density at radius 3 is 2.42 bits per heavy atom. The zero-order chi connectivity index (χ0) is 14.0. The zero-order valence-corrected chi connectivity index (χ0v) is 12.2. The SMILES string of the molecule is NC(Cc1cccc(F)c1Cl)c1c(F)cccc1Br. The Labute approximate surface area is 123 Å². The zero-order valence-electron chi connectivity index (χ0n) is 9.84. The molecule has 0 aromatic heterocycles. The van der Waals surface area contributed by atoms with Gasteiger partial charge in [-0.1, -0.05) is 45.7 Å². The van der Waals surface area contributed by atoms with Crippen molar-refractivity contribution in [3.8, 4) is 0 Å². The lowest BCUT2D eigenvalue weighted by molar-refractivity contribution is 0.576. The monoisotopic (exact) mass is 345 g/mol. The number of benzene rings is 2. The van der Waals surface area contributed by atoms with Crippen LogP contribution in [0.4, 0.5) is 8.78 Å². The predicted molar refractivity (Wildman–Crippen MR) is 76.1 cm³/mol. The van der Waals surface area contributed by atoms with Gasteiger partial charge in [-0.25, -0.2) is 8.78 Å². The highest BCUT2D eigenvalue weighted by Gasteiger charge is 2.17. The first-order valence-corrected chi connectivity index (χ1v) is 6.80. The van der Waals surface area contributed by atoms with Gasteiger partial charge in [-0.2, -0.15) is 0 Å². The summed E-state index contributed by atoms with van der Waals surface area (Å²) in [6, 6.07) is 8.55. The average Bonchev–Trinajstić information content (AvgIpc) is 2.35. The van der Waals surface area contributed by atoms with Crippen molar-refractivity contribution >= 4 is 27.5 Å². The second-order valence-electron chi connectivity index (χ2n) is 4.16. The Kier molecular flexibility index (Phi) is 4.55. The molecule has 1 unspecified atom stereocenters. The Hall–Kier alpha value is -0.970. The molecule has 2 aromatic carbocycles. The third-order valence-corrected chi connectivity index (χ3v) is 3.96. The lowest BCUT2D eigenvalue weighted by Gasteiger charge is -2.15. The molecule has 0 aliphatic carbocycles. The quantitative estimate of drug-likeness (QED) is 0.862. The smallest absolute Gasteiger partial charge is 0.142 e. The van der Waals surface area contributed by atoms with Crippen molar-refractivity contribution in [2.45, 2.75) is 12.5 Å². The van der Waals surface area contributed by atoms with Crippen LogP contribution in [0.1, 0.15) is 17.2 Å². The number of halogens is 4. The number of hydrogen-bond donors (Lipinski definition) is 1. The van der Waals surface area contributed by atoms with Gasteiger partial charge >= 0.3 is 0 Å². The van der Waals surface area contributed by atoms with E-state index in [0.29, 0.717) is 15.6 Å². The van der Waals surface area contributed by atoms with Gasteiger partial charge in [-0.15, -0.1) is 0 Å². The van der Waals surface area contributed by atoms with Crippen molar-refractivity contribution in [2.24, 2.45) is 5.73 Å². The Balaban J connectivity index is 2.31. The van der Waals surface area contributed by atoms with E-state index in [2.05, 4.69) is 15.9 Å². The minimum atomic E-state index is -0.602. The second kappa shape index (κ2) is 5.99. The summed E-state index contributed by atoms with van der Waals surface area (Å²) in [5, 5.41) is 0.0328. The molecule has 0 aliphatic heterocycles. The molecule has 2 N–H and O–H groups in total. The maximum atomic E-state index is 13.8.